The molecule has 52 heavy (non-hydrogen) atoms. The standard InChI is InChI=1S/C41H44N6O4S/c1-7-9-13-29-16-18-31(19-17-29)44-41(49)38(45-35-22-21-33(26-28(35)3)47(8-2)25-24-43-52(6,50)51)40(48)37-34-27-32(42-4)20-23-36(34)46(5)39(37)30-14-11-10-12-15-30/h10-12,14-23,26-27,43H,7-9,13,24-25H2,1-3,5-6H3,(H,44,49). The third-order valence-electron chi connectivity index (χ3n) is 8.95. The number of rotatable bonds is 15. The summed E-state index contributed by atoms with van der Waals surface area (Å²) in [7, 11) is -1.46. The number of benzene rings is 4. The van der Waals surface area contributed by atoms with Gasteiger partial charge in [-0.25, -0.2) is 23.0 Å². The lowest BCUT2D eigenvalue weighted by atomic mass is 9.98. The number of fused-ring (bicyclic) bond motifs is 1. The molecule has 0 radical (unpaired) electrons. The van der Waals surface area contributed by atoms with E-state index >= 15 is 0 Å². The largest absolute Gasteiger partial charge is 0.370 e. The highest BCUT2D eigenvalue weighted by Gasteiger charge is 2.30. The van der Waals surface area contributed by atoms with E-state index in [1.165, 1.54) is 0 Å². The average molecular weight is 717 g/mol. The van der Waals surface area contributed by atoms with E-state index in [2.05, 4.69) is 21.8 Å². The second-order valence-electron chi connectivity index (χ2n) is 12.7. The second kappa shape index (κ2) is 16.6. The van der Waals surface area contributed by atoms with Crippen molar-refractivity contribution < 1.29 is 18.0 Å². The van der Waals surface area contributed by atoms with E-state index in [9.17, 15) is 18.0 Å². The lowest BCUT2D eigenvalue weighted by molar-refractivity contribution is -0.110. The maximum atomic E-state index is 15.0. The SMILES string of the molecule is [C-]#[N+]c1ccc2c(c1)c(C(=O)C(=Nc1ccc(N(CC)CCNS(C)(=O)=O)cc1C)C(=O)Nc1ccc(CCCC)cc1)c(-c1ccccc1)n2C. The van der Waals surface area contributed by atoms with Crippen molar-refractivity contribution in [1.82, 2.24) is 9.29 Å². The number of ketones is 1. The Hall–Kier alpha value is -5.57. The van der Waals surface area contributed by atoms with E-state index in [1.807, 2.05) is 103 Å². The van der Waals surface area contributed by atoms with Crippen molar-refractivity contribution in [2.24, 2.45) is 12.0 Å². The first-order valence-electron chi connectivity index (χ1n) is 17.3. The molecule has 0 saturated heterocycles. The van der Waals surface area contributed by atoms with Gasteiger partial charge in [-0.15, -0.1) is 0 Å². The summed E-state index contributed by atoms with van der Waals surface area (Å²) in [5, 5.41) is 3.47. The minimum absolute atomic E-state index is 0.244. The molecule has 0 aliphatic heterocycles. The van der Waals surface area contributed by atoms with Gasteiger partial charge in [-0.3, -0.25) is 9.59 Å². The molecule has 4 aromatic carbocycles. The van der Waals surface area contributed by atoms with Gasteiger partial charge in [-0.2, -0.15) is 0 Å². The van der Waals surface area contributed by atoms with Crippen LogP contribution in [0.2, 0.25) is 0 Å². The first-order chi connectivity index (χ1) is 24.9. The van der Waals surface area contributed by atoms with Crippen LogP contribution in [0, 0.1) is 13.5 Å². The minimum Gasteiger partial charge on any atom is -0.370 e. The summed E-state index contributed by atoms with van der Waals surface area (Å²) >= 11 is 0. The van der Waals surface area contributed by atoms with Crippen molar-refractivity contribution in [1.29, 1.82) is 0 Å². The highest BCUT2D eigenvalue weighted by atomic mass is 32.2. The van der Waals surface area contributed by atoms with Crippen LogP contribution in [-0.2, 0) is 28.3 Å². The fraction of sp³-hybridized carbons (Fsp3) is 0.268. The molecular formula is C41H44N6O4S. The molecule has 0 fully saturated rings. The highest BCUT2D eigenvalue weighted by Crippen LogP contribution is 2.36. The third kappa shape index (κ3) is 8.83. The maximum absolute atomic E-state index is 15.0. The van der Waals surface area contributed by atoms with Crippen LogP contribution in [0.5, 0.6) is 0 Å². The van der Waals surface area contributed by atoms with Gasteiger partial charge in [0.1, 0.15) is 0 Å². The fourth-order valence-electron chi connectivity index (χ4n) is 6.23. The maximum Gasteiger partial charge on any atom is 0.278 e. The number of nitrogens with zero attached hydrogens (tertiary/aromatic N) is 4. The number of carbonyl (C=O) groups excluding carboxylic acids is 2. The Morgan fingerprint density at radius 2 is 1.69 bits per heavy atom. The lowest BCUT2D eigenvalue weighted by Crippen LogP contribution is -2.34. The van der Waals surface area contributed by atoms with E-state index in [-0.39, 0.29) is 17.8 Å². The zero-order chi connectivity index (χ0) is 37.4. The number of amides is 1. The predicted molar refractivity (Wildman–Crippen MR) is 212 cm³/mol. The van der Waals surface area contributed by atoms with Crippen molar-refractivity contribution in [2.45, 2.75) is 40.0 Å². The Morgan fingerprint density at radius 3 is 2.33 bits per heavy atom. The molecule has 5 aromatic rings. The molecule has 0 saturated carbocycles. The molecule has 1 aromatic heterocycles. The van der Waals surface area contributed by atoms with Crippen LogP contribution in [0.1, 0.15) is 48.2 Å². The number of carbonyl (C=O) groups is 2. The Balaban J connectivity index is 1.62. The molecule has 11 heteroatoms. The number of hydrogen-bond donors (Lipinski definition) is 2. The molecule has 268 valence electrons. The van der Waals surface area contributed by atoms with Gasteiger partial charge >= 0.3 is 0 Å². The minimum atomic E-state index is -3.32. The van der Waals surface area contributed by atoms with Gasteiger partial charge in [0, 0.05) is 49.0 Å². The highest BCUT2D eigenvalue weighted by molar-refractivity contribution is 7.88. The summed E-state index contributed by atoms with van der Waals surface area (Å²) in [5.74, 6) is -1.23. The van der Waals surface area contributed by atoms with Crippen LogP contribution in [-0.4, -0.2) is 56.3 Å². The molecule has 0 aliphatic rings. The predicted octanol–water partition coefficient (Wildman–Crippen LogP) is 8.02. The van der Waals surface area contributed by atoms with Crippen molar-refractivity contribution in [2.75, 3.05) is 36.1 Å². The van der Waals surface area contributed by atoms with E-state index in [4.69, 9.17) is 11.6 Å². The van der Waals surface area contributed by atoms with Crippen molar-refractivity contribution in [3.63, 3.8) is 0 Å². The number of nitrogens with one attached hydrogen (secondary N) is 2. The van der Waals surface area contributed by atoms with E-state index < -0.39 is 21.7 Å². The summed E-state index contributed by atoms with van der Waals surface area (Å²) in [6.07, 6.45) is 4.20. The lowest BCUT2D eigenvalue weighted by Gasteiger charge is -2.24. The van der Waals surface area contributed by atoms with Gasteiger partial charge in [0.2, 0.25) is 15.8 Å². The van der Waals surface area contributed by atoms with Crippen LogP contribution in [0.4, 0.5) is 22.7 Å². The monoisotopic (exact) mass is 716 g/mol. The summed E-state index contributed by atoms with van der Waals surface area (Å²) < 4.78 is 27.7. The Kier molecular flexibility index (Phi) is 12.1. The number of Topliss-reactive ketones (excluding diaryl/α,β-unsaturated/α-hetero) is 1. The van der Waals surface area contributed by atoms with Gasteiger partial charge in [0.25, 0.3) is 5.91 Å². The average Bonchev–Trinajstić information content (AvgIpc) is 3.43. The Labute approximate surface area is 306 Å². The normalized spacial score (nSPS) is 11.7. The first kappa shape index (κ1) is 37.7. The molecule has 5 rings (SSSR count). The number of aliphatic imine (C=N–C) groups is 1. The third-order valence-corrected chi connectivity index (χ3v) is 9.68. The first-order valence-corrected chi connectivity index (χ1v) is 19.2. The summed E-state index contributed by atoms with van der Waals surface area (Å²) in [4.78, 5) is 39.6. The van der Waals surface area contributed by atoms with E-state index in [1.54, 1.807) is 18.2 Å². The number of likely N-dealkylation sites (N-methyl/N-ethyl adjacent to an activating group) is 1. The number of hydrogen-bond acceptors (Lipinski definition) is 6. The second-order valence-corrected chi connectivity index (χ2v) is 14.6. The van der Waals surface area contributed by atoms with Crippen molar-refractivity contribution in [3.8, 4) is 11.3 Å². The Morgan fingerprint density at radius 1 is 0.962 bits per heavy atom. The van der Waals surface area contributed by atoms with Crippen LogP contribution in [0.15, 0.2) is 96.0 Å². The fourth-order valence-corrected chi connectivity index (χ4v) is 6.69. The molecule has 0 aliphatic carbocycles. The molecule has 1 amide bonds. The van der Waals surface area contributed by atoms with Crippen LogP contribution in [0.3, 0.4) is 0 Å². The van der Waals surface area contributed by atoms with Gasteiger partial charge < -0.3 is 14.8 Å². The van der Waals surface area contributed by atoms with Gasteiger partial charge in [-0.1, -0.05) is 61.9 Å². The molecule has 1 heterocycles. The topological polar surface area (TPSA) is 117 Å². The number of anilines is 2. The molecule has 0 unspecified atom stereocenters. The number of aryl methyl sites for hydroxylation is 3. The van der Waals surface area contributed by atoms with E-state index in [0.29, 0.717) is 41.2 Å². The van der Waals surface area contributed by atoms with Crippen LogP contribution >= 0.6 is 0 Å². The smallest absolute Gasteiger partial charge is 0.278 e. The zero-order valence-electron chi connectivity index (χ0n) is 30.2. The number of sulfonamides is 1. The molecule has 10 nitrogen and oxygen atoms in total. The Bertz CT molecular complexity index is 2270. The van der Waals surface area contributed by atoms with Gasteiger partial charge in [-0.05, 0) is 85.8 Å². The van der Waals surface area contributed by atoms with Gasteiger partial charge in [0.05, 0.1) is 29.8 Å². The van der Waals surface area contributed by atoms with Crippen molar-refractivity contribution >= 4 is 61.1 Å². The summed E-state index contributed by atoms with van der Waals surface area (Å²) in [6, 6.07) is 27.8. The molecule has 0 spiro atoms. The number of aromatic nitrogens is 1. The summed E-state index contributed by atoms with van der Waals surface area (Å²) in [6.45, 7) is 15.0. The van der Waals surface area contributed by atoms with E-state index in [0.717, 1.165) is 53.4 Å². The summed E-state index contributed by atoms with van der Waals surface area (Å²) in [5.41, 5.74) is 6.19. The van der Waals surface area contributed by atoms with Crippen LogP contribution < -0.4 is 14.9 Å². The quantitative estimate of drug-likeness (QED) is 0.0493. The number of unbranched alkanes of at least 4 members (excludes halogenated alkanes) is 1. The van der Waals surface area contributed by atoms with Crippen molar-refractivity contribution in [3.05, 3.63) is 119 Å². The molecule has 0 bridgehead atoms. The van der Waals surface area contributed by atoms with Gasteiger partial charge in [0.15, 0.2) is 11.4 Å². The molecule has 0 atom stereocenters. The molecule has 2 N–H and O–H groups in total. The zero-order valence-corrected chi connectivity index (χ0v) is 31.0. The molecular weight excluding hydrogens is 673 g/mol. The van der Waals surface area contributed by atoms with Crippen LogP contribution in [0.25, 0.3) is 27.0 Å².